The number of aryl methyl sites for hydroxylation is 2. The second-order valence-corrected chi connectivity index (χ2v) is 6.82. The van der Waals surface area contributed by atoms with Crippen molar-refractivity contribution in [3.63, 3.8) is 0 Å². The van der Waals surface area contributed by atoms with Crippen molar-refractivity contribution in [2.24, 2.45) is 0 Å². The lowest BCUT2D eigenvalue weighted by atomic mass is 9.98. The lowest BCUT2D eigenvalue weighted by Crippen LogP contribution is -2.47. The summed E-state index contributed by atoms with van der Waals surface area (Å²) in [5.74, 6) is 1.26. The van der Waals surface area contributed by atoms with E-state index in [2.05, 4.69) is 14.9 Å². The van der Waals surface area contributed by atoms with Gasteiger partial charge in [0.25, 0.3) is 0 Å². The summed E-state index contributed by atoms with van der Waals surface area (Å²) in [4.78, 5) is 30.5. The molecule has 2 atom stereocenters. The standard InChI is InChI=1S/C17H26N4O2/c1-12-10-20-11-14(6-7-16(20)18-12)19-17(23)9-15-5-3-4-8-21(15)13(2)22/h10,14-15H,3-9,11H2,1-2H3,(H,19,23). The molecule has 0 aliphatic carbocycles. The molecule has 2 amide bonds. The zero-order chi connectivity index (χ0) is 16.4. The van der Waals surface area contributed by atoms with Crippen molar-refractivity contribution in [3.8, 4) is 0 Å². The molecule has 1 fully saturated rings. The van der Waals surface area contributed by atoms with Crippen LogP contribution in [0.4, 0.5) is 0 Å². The molecule has 0 bridgehead atoms. The minimum Gasteiger partial charge on any atom is -0.351 e. The van der Waals surface area contributed by atoms with Gasteiger partial charge in [-0.15, -0.1) is 0 Å². The highest BCUT2D eigenvalue weighted by Crippen LogP contribution is 2.20. The highest BCUT2D eigenvalue weighted by molar-refractivity contribution is 5.79. The van der Waals surface area contributed by atoms with Crippen molar-refractivity contribution < 1.29 is 9.59 Å². The van der Waals surface area contributed by atoms with Crippen LogP contribution in [0.5, 0.6) is 0 Å². The predicted octanol–water partition coefficient (Wildman–Crippen LogP) is 1.41. The van der Waals surface area contributed by atoms with E-state index in [0.717, 1.165) is 56.7 Å². The number of nitrogens with zero attached hydrogens (tertiary/aromatic N) is 3. The maximum atomic E-state index is 12.4. The Hall–Kier alpha value is -1.85. The van der Waals surface area contributed by atoms with Gasteiger partial charge in [-0.2, -0.15) is 0 Å². The molecular weight excluding hydrogens is 292 g/mol. The van der Waals surface area contributed by atoms with Gasteiger partial charge >= 0.3 is 0 Å². The Morgan fingerprint density at radius 1 is 1.35 bits per heavy atom. The SMILES string of the molecule is CC(=O)N1CCCCC1CC(=O)NC1CCc2nc(C)cn2C1. The largest absolute Gasteiger partial charge is 0.351 e. The third-order valence-corrected chi connectivity index (χ3v) is 4.93. The van der Waals surface area contributed by atoms with Crippen LogP contribution in [-0.2, 0) is 22.6 Å². The third-order valence-electron chi connectivity index (χ3n) is 4.93. The number of carbonyl (C=O) groups excluding carboxylic acids is 2. The first kappa shape index (κ1) is 16.0. The first-order valence-electron chi connectivity index (χ1n) is 8.62. The van der Waals surface area contributed by atoms with Gasteiger partial charge in [0.1, 0.15) is 5.82 Å². The van der Waals surface area contributed by atoms with E-state index in [0.29, 0.717) is 6.42 Å². The van der Waals surface area contributed by atoms with E-state index in [1.165, 1.54) is 0 Å². The minimum atomic E-state index is 0.0634. The van der Waals surface area contributed by atoms with Crippen LogP contribution in [0.15, 0.2) is 6.20 Å². The predicted molar refractivity (Wildman–Crippen MR) is 86.9 cm³/mol. The number of hydrogen-bond acceptors (Lipinski definition) is 3. The summed E-state index contributed by atoms with van der Waals surface area (Å²) in [6, 6.07) is 0.230. The van der Waals surface area contributed by atoms with Crippen molar-refractivity contribution in [2.75, 3.05) is 6.54 Å². The molecule has 1 saturated heterocycles. The van der Waals surface area contributed by atoms with Crippen LogP contribution < -0.4 is 5.32 Å². The fourth-order valence-electron chi connectivity index (χ4n) is 3.83. The van der Waals surface area contributed by atoms with Crippen molar-refractivity contribution in [2.45, 2.75) is 71.0 Å². The first-order chi connectivity index (χ1) is 11.0. The number of hydrogen-bond donors (Lipinski definition) is 1. The van der Waals surface area contributed by atoms with E-state index in [1.807, 2.05) is 18.0 Å². The molecule has 126 valence electrons. The number of imidazole rings is 1. The van der Waals surface area contributed by atoms with Gasteiger partial charge in [0.15, 0.2) is 0 Å². The third kappa shape index (κ3) is 3.74. The monoisotopic (exact) mass is 318 g/mol. The fraction of sp³-hybridized carbons (Fsp3) is 0.706. The minimum absolute atomic E-state index is 0.0634. The van der Waals surface area contributed by atoms with Gasteiger partial charge in [0.2, 0.25) is 11.8 Å². The molecule has 6 nitrogen and oxygen atoms in total. The molecule has 6 heteroatoms. The zero-order valence-corrected chi connectivity index (χ0v) is 14.0. The average Bonchev–Trinajstić information content (AvgIpc) is 2.86. The quantitative estimate of drug-likeness (QED) is 0.916. The molecule has 2 aliphatic rings. The molecule has 0 radical (unpaired) electrons. The molecule has 0 spiro atoms. The molecule has 2 unspecified atom stereocenters. The van der Waals surface area contributed by atoms with Crippen molar-refractivity contribution in [1.29, 1.82) is 0 Å². The molecule has 2 aliphatic heterocycles. The number of nitrogens with one attached hydrogen (secondary N) is 1. The topological polar surface area (TPSA) is 67.2 Å². The van der Waals surface area contributed by atoms with E-state index in [-0.39, 0.29) is 23.9 Å². The number of piperidine rings is 1. The zero-order valence-electron chi connectivity index (χ0n) is 14.0. The van der Waals surface area contributed by atoms with Gasteiger partial charge in [-0.1, -0.05) is 0 Å². The normalized spacial score (nSPS) is 24.2. The second-order valence-electron chi connectivity index (χ2n) is 6.82. The summed E-state index contributed by atoms with van der Waals surface area (Å²) in [7, 11) is 0. The van der Waals surface area contributed by atoms with Gasteiger partial charge < -0.3 is 14.8 Å². The Bertz CT molecular complexity index is 595. The second kappa shape index (κ2) is 6.72. The van der Waals surface area contributed by atoms with Gasteiger partial charge in [0.05, 0.1) is 5.69 Å². The van der Waals surface area contributed by atoms with Crippen LogP contribution in [-0.4, -0.2) is 44.9 Å². The number of likely N-dealkylation sites (tertiary alicyclic amines) is 1. The molecule has 1 aromatic heterocycles. The number of carbonyl (C=O) groups is 2. The number of fused-ring (bicyclic) bond motifs is 1. The Kier molecular flexibility index (Phi) is 4.68. The van der Waals surface area contributed by atoms with Crippen LogP contribution in [0.3, 0.4) is 0 Å². The van der Waals surface area contributed by atoms with E-state index < -0.39 is 0 Å². The van der Waals surface area contributed by atoms with E-state index in [9.17, 15) is 9.59 Å². The molecule has 0 saturated carbocycles. The van der Waals surface area contributed by atoms with E-state index in [1.54, 1.807) is 6.92 Å². The van der Waals surface area contributed by atoms with Gasteiger partial charge in [0, 0.05) is 51.1 Å². The molecule has 3 heterocycles. The Labute approximate surface area is 137 Å². The van der Waals surface area contributed by atoms with Crippen molar-refractivity contribution in [1.82, 2.24) is 19.8 Å². The summed E-state index contributed by atoms with van der Waals surface area (Å²) in [5, 5.41) is 3.15. The van der Waals surface area contributed by atoms with Crippen molar-refractivity contribution in [3.05, 3.63) is 17.7 Å². The fourth-order valence-corrected chi connectivity index (χ4v) is 3.83. The summed E-state index contributed by atoms with van der Waals surface area (Å²) in [5.41, 5.74) is 1.03. The number of amides is 2. The summed E-state index contributed by atoms with van der Waals surface area (Å²) in [6.45, 7) is 5.18. The lowest BCUT2D eigenvalue weighted by Gasteiger charge is -2.35. The van der Waals surface area contributed by atoms with Crippen LogP contribution in [0.25, 0.3) is 0 Å². The highest BCUT2D eigenvalue weighted by atomic mass is 16.2. The van der Waals surface area contributed by atoms with Gasteiger partial charge in [-0.25, -0.2) is 4.98 Å². The Balaban J connectivity index is 1.54. The molecule has 1 aromatic rings. The van der Waals surface area contributed by atoms with Gasteiger partial charge in [-0.3, -0.25) is 9.59 Å². The Morgan fingerprint density at radius 2 is 2.17 bits per heavy atom. The van der Waals surface area contributed by atoms with Crippen LogP contribution in [0.2, 0.25) is 0 Å². The number of aromatic nitrogens is 2. The maximum absolute atomic E-state index is 12.4. The average molecular weight is 318 g/mol. The summed E-state index contributed by atoms with van der Waals surface area (Å²) >= 11 is 0. The highest BCUT2D eigenvalue weighted by Gasteiger charge is 2.28. The number of rotatable bonds is 3. The smallest absolute Gasteiger partial charge is 0.222 e. The Morgan fingerprint density at radius 3 is 2.96 bits per heavy atom. The first-order valence-corrected chi connectivity index (χ1v) is 8.62. The van der Waals surface area contributed by atoms with Crippen LogP contribution >= 0.6 is 0 Å². The van der Waals surface area contributed by atoms with Crippen LogP contribution in [0.1, 0.15) is 50.5 Å². The van der Waals surface area contributed by atoms with E-state index in [4.69, 9.17) is 0 Å². The molecular formula is C17H26N4O2. The maximum Gasteiger partial charge on any atom is 0.222 e. The molecule has 23 heavy (non-hydrogen) atoms. The lowest BCUT2D eigenvalue weighted by molar-refractivity contribution is -0.134. The molecule has 3 rings (SSSR count). The van der Waals surface area contributed by atoms with Crippen LogP contribution in [0, 0.1) is 6.92 Å². The van der Waals surface area contributed by atoms with Gasteiger partial charge in [-0.05, 0) is 32.6 Å². The van der Waals surface area contributed by atoms with Crippen molar-refractivity contribution >= 4 is 11.8 Å². The molecule has 1 N–H and O–H groups in total. The summed E-state index contributed by atoms with van der Waals surface area (Å²) in [6.07, 6.45) is 7.39. The van der Waals surface area contributed by atoms with E-state index >= 15 is 0 Å². The summed E-state index contributed by atoms with van der Waals surface area (Å²) < 4.78 is 2.15. The molecule has 0 aromatic carbocycles.